The third-order valence-electron chi connectivity index (χ3n) is 4.91. The molecule has 0 amide bonds. The van der Waals surface area contributed by atoms with E-state index in [4.69, 9.17) is 4.99 Å². The van der Waals surface area contributed by atoms with E-state index in [1.54, 1.807) is 18.5 Å². The van der Waals surface area contributed by atoms with E-state index in [2.05, 4.69) is 26.8 Å². The van der Waals surface area contributed by atoms with Gasteiger partial charge >= 0.3 is 0 Å². The van der Waals surface area contributed by atoms with Crippen LogP contribution < -0.4 is 5.32 Å². The molecule has 6 heteroatoms. The maximum atomic E-state index is 9.76. The number of aliphatic imine (C=N–C) groups is 1. The van der Waals surface area contributed by atoms with Crippen molar-refractivity contribution in [1.82, 2.24) is 15.0 Å². The number of rotatable bonds is 5. The van der Waals surface area contributed by atoms with Crippen LogP contribution in [0.5, 0.6) is 0 Å². The lowest BCUT2D eigenvalue weighted by atomic mass is 9.96. The molecule has 146 valence electrons. The summed E-state index contributed by atoms with van der Waals surface area (Å²) in [6.07, 6.45) is 8.11. The van der Waals surface area contributed by atoms with E-state index in [9.17, 15) is 5.11 Å². The molecule has 0 spiro atoms. The van der Waals surface area contributed by atoms with E-state index in [0.29, 0.717) is 11.8 Å². The molecule has 2 N–H and O–H groups in total. The SMILES string of the molecule is C=Cc1ccc(Nc2ncc(-c3ccccn3)c(N=C3CCC(O)CC3)n2)cc1. The zero-order chi connectivity index (χ0) is 20.1. The van der Waals surface area contributed by atoms with E-state index in [1.807, 2.05) is 42.5 Å². The maximum Gasteiger partial charge on any atom is 0.229 e. The van der Waals surface area contributed by atoms with Crippen LogP contribution in [0, 0.1) is 0 Å². The van der Waals surface area contributed by atoms with Crippen molar-refractivity contribution in [3.8, 4) is 11.3 Å². The van der Waals surface area contributed by atoms with Crippen molar-refractivity contribution in [2.24, 2.45) is 4.99 Å². The van der Waals surface area contributed by atoms with Crippen molar-refractivity contribution >= 4 is 29.2 Å². The van der Waals surface area contributed by atoms with Gasteiger partial charge in [-0.2, -0.15) is 4.98 Å². The number of aliphatic hydroxyl groups is 1. The summed E-state index contributed by atoms with van der Waals surface area (Å²) in [5, 5.41) is 13.0. The van der Waals surface area contributed by atoms with Crippen molar-refractivity contribution in [2.75, 3.05) is 5.32 Å². The number of pyridine rings is 1. The second kappa shape index (κ2) is 8.75. The Morgan fingerprint density at radius 2 is 1.86 bits per heavy atom. The number of nitrogens with one attached hydrogen (secondary N) is 1. The molecule has 6 nitrogen and oxygen atoms in total. The second-order valence-electron chi connectivity index (χ2n) is 7.01. The van der Waals surface area contributed by atoms with E-state index >= 15 is 0 Å². The highest BCUT2D eigenvalue weighted by atomic mass is 16.3. The minimum atomic E-state index is -0.231. The van der Waals surface area contributed by atoms with Gasteiger partial charge in [-0.3, -0.25) is 4.98 Å². The highest BCUT2D eigenvalue weighted by molar-refractivity contribution is 5.89. The molecule has 2 aromatic heterocycles. The van der Waals surface area contributed by atoms with Gasteiger partial charge in [0, 0.05) is 23.8 Å². The Hall–Kier alpha value is -3.38. The first kappa shape index (κ1) is 19.0. The molecule has 0 radical (unpaired) electrons. The van der Waals surface area contributed by atoms with Crippen LogP contribution in [0.3, 0.4) is 0 Å². The van der Waals surface area contributed by atoms with Gasteiger partial charge < -0.3 is 10.4 Å². The molecule has 3 aromatic rings. The van der Waals surface area contributed by atoms with Crippen LogP contribution in [0.1, 0.15) is 31.2 Å². The molecule has 4 rings (SSSR count). The minimum Gasteiger partial charge on any atom is -0.393 e. The first-order valence-electron chi connectivity index (χ1n) is 9.74. The number of benzene rings is 1. The van der Waals surface area contributed by atoms with Crippen molar-refractivity contribution in [3.63, 3.8) is 0 Å². The second-order valence-corrected chi connectivity index (χ2v) is 7.01. The number of nitrogens with zero attached hydrogens (tertiary/aromatic N) is 4. The Labute approximate surface area is 170 Å². The summed E-state index contributed by atoms with van der Waals surface area (Å²) in [5.41, 5.74) is 4.56. The molecular formula is C23H23N5O. The van der Waals surface area contributed by atoms with Crippen molar-refractivity contribution in [2.45, 2.75) is 31.8 Å². The quantitative estimate of drug-likeness (QED) is 0.650. The highest BCUT2D eigenvalue weighted by Gasteiger charge is 2.17. The highest BCUT2D eigenvalue weighted by Crippen LogP contribution is 2.30. The Balaban J connectivity index is 1.67. The van der Waals surface area contributed by atoms with Gasteiger partial charge in [0.25, 0.3) is 0 Å². The smallest absolute Gasteiger partial charge is 0.229 e. The van der Waals surface area contributed by atoms with E-state index in [0.717, 1.165) is 53.9 Å². The first-order chi connectivity index (χ1) is 14.2. The topological polar surface area (TPSA) is 83.3 Å². The van der Waals surface area contributed by atoms with Crippen molar-refractivity contribution in [3.05, 3.63) is 67.0 Å². The predicted molar refractivity (Wildman–Crippen MR) is 117 cm³/mol. The van der Waals surface area contributed by atoms with E-state index in [-0.39, 0.29) is 6.10 Å². The molecule has 1 saturated carbocycles. The Bertz CT molecular complexity index is 1010. The summed E-state index contributed by atoms with van der Waals surface area (Å²) in [7, 11) is 0. The summed E-state index contributed by atoms with van der Waals surface area (Å²) in [4.78, 5) is 18.4. The number of aliphatic hydroxyl groups excluding tert-OH is 1. The van der Waals surface area contributed by atoms with Crippen molar-refractivity contribution in [1.29, 1.82) is 0 Å². The summed E-state index contributed by atoms with van der Waals surface area (Å²) in [6, 6.07) is 13.6. The molecule has 1 fully saturated rings. The summed E-state index contributed by atoms with van der Waals surface area (Å²) < 4.78 is 0. The normalized spacial score (nSPS) is 16.3. The molecule has 1 aliphatic carbocycles. The summed E-state index contributed by atoms with van der Waals surface area (Å²) in [6.45, 7) is 3.77. The van der Waals surface area contributed by atoms with Crippen molar-refractivity contribution < 1.29 is 5.11 Å². The molecule has 29 heavy (non-hydrogen) atoms. The zero-order valence-electron chi connectivity index (χ0n) is 16.1. The summed E-state index contributed by atoms with van der Waals surface area (Å²) in [5.74, 6) is 1.07. The lowest BCUT2D eigenvalue weighted by Gasteiger charge is -2.18. The van der Waals surface area contributed by atoms with Gasteiger partial charge in [-0.05, 0) is 55.5 Å². The Kier molecular flexibility index (Phi) is 5.72. The maximum absolute atomic E-state index is 9.76. The monoisotopic (exact) mass is 385 g/mol. The van der Waals surface area contributed by atoms with E-state index in [1.165, 1.54) is 0 Å². The molecule has 0 aliphatic heterocycles. The largest absolute Gasteiger partial charge is 0.393 e. The molecule has 2 heterocycles. The van der Waals surface area contributed by atoms with Crippen LogP contribution in [0.25, 0.3) is 17.3 Å². The van der Waals surface area contributed by atoms with Crippen LogP contribution in [0.15, 0.2) is 66.4 Å². The van der Waals surface area contributed by atoms with Gasteiger partial charge in [0.15, 0.2) is 5.82 Å². The predicted octanol–water partition coefficient (Wildman–Crippen LogP) is 4.93. The molecule has 0 bridgehead atoms. The average molecular weight is 385 g/mol. The Morgan fingerprint density at radius 1 is 1.07 bits per heavy atom. The van der Waals surface area contributed by atoms with Gasteiger partial charge in [-0.15, -0.1) is 0 Å². The minimum absolute atomic E-state index is 0.231. The first-order valence-corrected chi connectivity index (χ1v) is 9.74. The fraction of sp³-hybridized carbons (Fsp3) is 0.217. The molecule has 1 aliphatic rings. The standard InChI is InChI=1S/C23H23N5O/c1-2-16-6-8-18(9-7-16)27-23-25-15-20(21-5-3-4-14-24-21)22(28-23)26-17-10-12-19(29)13-11-17/h2-9,14-15,19,29H,1,10-13H2,(H,25,27,28). The third kappa shape index (κ3) is 4.73. The number of hydrogen-bond donors (Lipinski definition) is 2. The fourth-order valence-electron chi connectivity index (χ4n) is 3.25. The van der Waals surface area contributed by atoms with Crippen LogP contribution in [0.4, 0.5) is 17.5 Å². The summed E-state index contributed by atoms with van der Waals surface area (Å²) >= 11 is 0. The Morgan fingerprint density at radius 3 is 2.55 bits per heavy atom. The lowest BCUT2D eigenvalue weighted by molar-refractivity contribution is 0.152. The van der Waals surface area contributed by atoms with Gasteiger partial charge in [0.2, 0.25) is 5.95 Å². The number of hydrogen-bond acceptors (Lipinski definition) is 6. The molecular weight excluding hydrogens is 362 g/mol. The van der Waals surface area contributed by atoms with Gasteiger partial charge in [0.05, 0.1) is 17.4 Å². The fourth-order valence-corrected chi connectivity index (χ4v) is 3.25. The average Bonchev–Trinajstić information content (AvgIpc) is 2.77. The van der Waals surface area contributed by atoms with Gasteiger partial charge in [-0.25, -0.2) is 9.98 Å². The third-order valence-corrected chi connectivity index (χ3v) is 4.91. The molecule has 1 aromatic carbocycles. The zero-order valence-corrected chi connectivity index (χ0v) is 16.1. The number of aromatic nitrogens is 3. The molecule has 0 unspecified atom stereocenters. The lowest BCUT2D eigenvalue weighted by Crippen LogP contribution is -2.17. The van der Waals surface area contributed by atoms with Gasteiger partial charge in [-0.1, -0.05) is 30.9 Å². The van der Waals surface area contributed by atoms with E-state index < -0.39 is 0 Å². The van der Waals surface area contributed by atoms with Crippen LogP contribution in [-0.4, -0.2) is 31.9 Å². The van der Waals surface area contributed by atoms with Crippen LogP contribution >= 0.6 is 0 Å². The number of anilines is 2. The van der Waals surface area contributed by atoms with Crippen LogP contribution in [0.2, 0.25) is 0 Å². The van der Waals surface area contributed by atoms with Crippen LogP contribution in [-0.2, 0) is 0 Å². The van der Waals surface area contributed by atoms with Gasteiger partial charge in [0.1, 0.15) is 0 Å². The molecule has 0 saturated heterocycles. The molecule has 0 atom stereocenters.